The van der Waals surface area contributed by atoms with Crippen LogP contribution in [0.25, 0.3) is 0 Å². The van der Waals surface area contributed by atoms with Crippen LogP contribution in [0, 0.1) is 0 Å². The number of rotatable bonds is 8. The van der Waals surface area contributed by atoms with E-state index in [1.807, 2.05) is 0 Å². The molecule has 0 saturated carbocycles. The Morgan fingerprint density at radius 3 is 1.50 bits per heavy atom. The molecular formula is C29H26O9. The van der Waals surface area contributed by atoms with Crippen LogP contribution in [0.1, 0.15) is 44.9 Å². The average molecular weight is 519 g/mol. The van der Waals surface area contributed by atoms with Gasteiger partial charge >= 0.3 is 23.9 Å². The molecule has 1 fully saturated rings. The molecular weight excluding hydrogens is 492 g/mol. The number of hydrogen-bond acceptors (Lipinski definition) is 9. The molecule has 5 atom stereocenters. The summed E-state index contributed by atoms with van der Waals surface area (Å²) in [6.45, 7) is 2.71. The van der Waals surface area contributed by atoms with Crippen molar-refractivity contribution in [3.63, 3.8) is 0 Å². The Hall–Kier alpha value is -4.50. The molecule has 3 aromatic carbocycles. The molecule has 1 aliphatic heterocycles. The van der Waals surface area contributed by atoms with E-state index in [0.717, 1.165) is 6.92 Å². The third-order valence-corrected chi connectivity index (χ3v) is 5.76. The molecule has 9 heteroatoms. The van der Waals surface area contributed by atoms with Gasteiger partial charge in [-0.1, -0.05) is 54.6 Å². The van der Waals surface area contributed by atoms with E-state index in [1.54, 1.807) is 97.9 Å². The number of ether oxygens (including phenoxy) is 5. The van der Waals surface area contributed by atoms with Crippen LogP contribution in [-0.4, -0.2) is 54.6 Å². The number of benzene rings is 3. The Balaban J connectivity index is 1.63. The van der Waals surface area contributed by atoms with Gasteiger partial charge in [0.25, 0.3) is 0 Å². The SMILES string of the molecule is CC(=O)OC1O[C@H]([C@@H](C)OC(=O)c2ccccc2)[C@@H](OC(=O)c2ccccc2)[C@H]1OC(=O)c1ccccc1. The highest BCUT2D eigenvalue weighted by Crippen LogP contribution is 2.32. The third kappa shape index (κ3) is 6.43. The number of hydrogen-bond donors (Lipinski definition) is 0. The fourth-order valence-electron chi connectivity index (χ4n) is 3.95. The van der Waals surface area contributed by atoms with E-state index in [0.29, 0.717) is 5.56 Å². The zero-order chi connectivity index (χ0) is 27.1. The highest BCUT2D eigenvalue weighted by atomic mass is 16.8. The van der Waals surface area contributed by atoms with E-state index in [4.69, 9.17) is 23.7 Å². The fraction of sp³-hybridized carbons (Fsp3) is 0.241. The van der Waals surface area contributed by atoms with Crippen molar-refractivity contribution in [1.82, 2.24) is 0 Å². The molecule has 0 aliphatic carbocycles. The Labute approximate surface area is 219 Å². The van der Waals surface area contributed by atoms with Gasteiger partial charge in [0.2, 0.25) is 12.4 Å². The molecule has 1 unspecified atom stereocenters. The van der Waals surface area contributed by atoms with Crippen LogP contribution in [0.5, 0.6) is 0 Å². The second-order valence-electron chi connectivity index (χ2n) is 8.53. The van der Waals surface area contributed by atoms with Crippen molar-refractivity contribution in [3.8, 4) is 0 Å². The molecule has 0 bridgehead atoms. The molecule has 1 aliphatic rings. The second kappa shape index (κ2) is 12.2. The van der Waals surface area contributed by atoms with Crippen LogP contribution in [-0.2, 0) is 28.5 Å². The molecule has 0 spiro atoms. The highest BCUT2D eigenvalue weighted by Gasteiger charge is 2.54. The summed E-state index contributed by atoms with van der Waals surface area (Å²) in [4.78, 5) is 50.5. The Morgan fingerprint density at radius 2 is 1.05 bits per heavy atom. The van der Waals surface area contributed by atoms with Gasteiger partial charge in [0.15, 0.2) is 6.10 Å². The monoisotopic (exact) mass is 518 g/mol. The fourth-order valence-corrected chi connectivity index (χ4v) is 3.95. The van der Waals surface area contributed by atoms with Crippen molar-refractivity contribution in [2.75, 3.05) is 0 Å². The number of esters is 4. The molecule has 38 heavy (non-hydrogen) atoms. The van der Waals surface area contributed by atoms with Gasteiger partial charge in [0.1, 0.15) is 12.2 Å². The van der Waals surface area contributed by atoms with Gasteiger partial charge in [-0.25, -0.2) is 14.4 Å². The van der Waals surface area contributed by atoms with Crippen molar-refractivity contribution in [3.05, 3.63) is 108 Å². The summed E-state index contributed by atoms with van der Waals surface area (Å²) < 4.78 is 28.2. The van der Waals surface area contributed by atoms with Gasteiger partial charge in [-0.05, 0) is 43.3 Å². The normalized spacial score (nSPS) is 21.1. The van der Waals surface area contributed by atoms with Gasteiger partial charge < -0.3 is 23.7 Å². The summed E-state index contributed by atoms with van der Waals surface area (Å²) in [6, 6.07) is 24.6. The van der Waals surface area contributed by atoms with E-state index in [1.165, 1.54) is 0 Å². The molecule has 0 N–H and O–H groups in total. The van der Waals surface area contributed by atoms with E-state index < -0.39 is 54.6 Å². The first-order valence-corrected chi connectivity index (χ1v) is 11.9. The summed E-state index contributed by atoms with van der Waals surface area (Å²) in [5.74, 6) is -2.82. The Morgan fingerprint density at radius 1 is 0.632 bits per heavy atom. The standard InChI is InChI=1S/C29H26O9/c1-18(34-26(31)20-12-6-3-7-13-20)23-24(36-27(32)21-14-8-4-9-15-21)25(29(38-23)35-19(2)30)37-28(33)22-16-10-5-11-17-22/h3-18,23-25,29H,1-2H3/t18-,23-,24-,25-,29?/m1/s1. The topological polar surface area (TPSA) is 114 Å². The van der Waals surface area contributed by atoms with Gasteiger partial charge in [-0.3, -0.25) is 4.79 Å². The maximum absolute atomic E-state index is 13.0. The van der Waals surface area contributed by atoms with E-state index >= 15 is 0 Å². The largest absolute Gasteiger partial charge is 0.456 e. The van der Waals surface area contributed by atoms with Crippen molar-refractivity contribution in [2.24, 2.45) is 0 Å². The van der Waals surface area contributed by atoms with E-state index in [2.05, 4.69) is 0 Å². The van der Waals surface area contributed by atoms with Crippen LogP contribution < -0.4 is 0 Å². The zero-order valence-corrected chi connectivity index (χ0v) is 20.7. The molecule has 0 radical (unpaired) electrons. The van der Waals surface area contributed by atoms with Crippen LogP contribution in [0.4, 0.5) is 0 Å². The molecule has 0 aromatic heterocycles. The van der Waals surface area contributed by atoms with Crippen LogP contribution in [0.15, 0.2) is 91.0 Å². The minimum atomic E-state index is -1.42. The highest BCUT2D eigenvalue weighted by molar-refractivity contribution is 5.91. The minimum absolute atomic E-state index is 0.231. The predicted molar refractivity (Wildman–Crippen MR) is 133 cm³/mol. The molecule has 4 rings (SSSR count). The first-order valence-electron chi connectivity index (χ1n) is 11.9. The molecule has 1 heterocycles. The van der Waals surface area contributed by atoms with Crippen LogP contribution in [0.2, 0.25) is 0 Å². The zero-order valence-electron chi connectivity index (χ0n) is 20.7. The number of carbonyl (C=O) groups is 4. The van der Waals surface area contributed by atoms with Gasteiger partial charge in [-0.15, -0.1) is 0 Å². The lowest BCUT2D eigenvalue weighted by atomic mass is 10.1. The first kappa shape index (κ1) is 26.6. The van der Waals surface area contributed by atoms with Crippen LogP contribution in [0.3, 0.4) is 0 Å². The summed E-state index contributed by atoms with van der Waals surface area (Å²) in [5, 5.41) is 0. The van der Waals surface area contributed by atoms with E-state index in [9.17, 15) is 19.2 Å². The summed E-state index contributed by atoms with van der Waals surface area (Å²) >= 11 is 0. The lowest BCUT2D eigenvalue weighted by Crippen LogP contribution is -2.45. The van der Waals surface area contributed by atoms with Gasteiger partial charge in [-0.2, -0.15) is 0 Å². The van der Waals surface area contributed by atoms with Crippen molar-refractivity contribution in [1.29, 1.82) is 0 Å². The number of carbonyl (C=O) groups excluding carboxylic acids is 4. The molecule has 9 nitrogen and oxygen atoms in total. The van der Waals surface area contributed by atoms with Crippen molar-refractivity contribution < 1.29 is 42.9 Å². The van der Waals surface area contributed by atoms with E-state index in [-0.39, 0.29) is 11.1 Å². The second-order valence-corrected chi connectivity index (χ2v) is 8.53. The molecule has 1 saturated heterocycles. The van der Waals surface area contributed by atoms with Crippen LogP contribution >= 0.6 is 0 Å². The summed E-state index contributed by atoms with van der Waals surface area (Å²) in [7, 11) is 0. The lowest BCUT2D eigenvalue weighted by molar-refractivity contribution is -0.191. The quantitative estimate of drug-likeness (QED) is 0.323. The smallest absolute Gasteiger partial charge is 0.338 e. The minimum Gasteiger partial charge on any atom is -0.456 e. The summed E-state index contributed by atoms with van der Waals surface area (Å²) in [5.41, 5.74) is 0.775. The van der Waals surface area contributed by atoms with Gasteiger partial charge in [0, 0.05) is 6.92 Å². The molecule has 3 aromatic rings. The predicted octanol–water partition coefficient (Wildman–Crippen LogP) is 3.97. The Kier molecular flexibility index (Phi) is 8.50. The molecule has 0 amide bonds. The molecule has 196 valence electrons. The van der Waals surface area contributed by atoms with Gasteiger partial charge in [0.05, 0.1) is 16.7 Å². The van der Waals surface area contributed by atoms with Crippen molar-refractivity contribution >= 4 is 23.9 Å². The Bertz CT molecular complexity index is 1260. The van der Waals surface area contributed by atoms with Crippen molar-refractivity contribution in [2.45, 2.75) is 44.6 Å². The lowest BCUT2D eigenvalue weighted by Gasteiger charge is -2.26. The first-order chi connectivity index (χ1) is 18.3. The third-order valence-electron chi connectivity index (χ3n) is 5.76. The maximum Gasteiger partial charge on any atom is 0.338 e. The maximum atomic E-state index is 13.0. The average Bonchev–Trinajstić information content (AvgIpc) is 3.25. The summed E-state index contributed by atoms with van der Waals surface area (Å²) in [6.07, 6.45) is -6.17.